The summed E-state index contributed by atoms with van der Waals surface area (Å²) in [6.07, 6.45) is 0.522. The molecule has 2 heterocycles. The maximum Gasteiger partial charge on any atom is 0.227 e. The number of amides is 1. The van der Waals surface area contributed by atoms with E-state index < -0.39 is 9.84 Å². The van der Waals surface area contributed by atoms with Crippen LogP contribution in [0.3, 0.4) is 0 Å². The van der Waals surface area contributed by atoms with Gasteiger partial charge in [0.2, 0.25) is 11.8 Å². The number of carbonyl (C=O) groups is 1. The summed E-state index contributed by atoms with van der Waals surface area (Å²) in [6.45, 7) is 6.28. The van der Waals surface area contributed by atoms with E-state index in [1.54, 1.807) is 18.2 Å². The van der Waals surface area contributed by atoms with E-state index in [2.05, 4.69) is 53.2 Å². The Balaban J connectivity index is 1.30. The van der Waals surface area contributed by atoms with Gasteiger partial charge >= 0.3 is 0 Å². The van der Waals surface area contributed by atoms with Gasteiger partial charge in [-0.2, -0.15) is 4.98 Å². The molecular formula is C24H28N4O4S. The Kier molecular flexibility index (Phi) is 6.78. The van der Waals surface area contributed by atoms with Crippen LogP contribution in [0.1, 0.15) is 30.6 Å². The molecule has 0 aliphatic carbocycles. The SMILES string of the molecule is Cc1cccc(N2CCN(C(=O)CCc3nc(CS(=O)(=O)c4ccccc4)no3)C[C@@H]2C)c1. The molecule has 1 aliphatic heterocycles. The first-order chi connectivity index (χ1) is 15.8. The lowest BCUT2D eigenvalue weighted by molar-refractivity contribution is -0.132. The Bertz CT molecular complexity index is 1210. The molecule has 1 saturated heterocycles. The zero-order valence-electron chi connectivity index (χ0n) is 18.8. The number of benzene rings is 2. The normalized spacial score (nSPS) is 16.7. The second-order valence-corrected chi connectivity index (χ2v) is 10.4. The Morgan fingerprint density at radius 2 is 1.91 bits per heavy atom. The fraction of sp³-hybridized carbons (Fsp3) is 0.375. The van der Waals surface area contributed by atoms with Crippen LogP contribution in [0.25, 0.3) is 0 Å². The molecule has 33 heavy (non-hydrogen) atoms. The highest BCUT2D eigenvalue weighted by Crippen LogP contribution is 2.22. The lowest BCUT2D eigenvalue weighted by Crippen LogP contribution is -2.53. The quantitative estimate of drug-likeness (QED) is 0.526. The van der Waals surface area contributed by atoms with Crippen LogP contribution in [0.5, 0.6) is 0 Å². The molecule has 1 aliphatic rings. The van der Waals surface area contributed by atoms with E-state index in [0.717, 1.165) is 6.54 Å². The van der Waals surface area contributed by atoms with Gasteiger partial charge in [0.15, 0.2) is 15.7 Å². The van der Waals surface area contributed by atoms with E-state index in [4.69, 9.17) is 4.52 Å². The van der Waals surface area contributed by atoms with Gasteiger partial charge < -0.3 is 14.3 Å². The van der Waals surface area contributed by atoms with E-state index in [0.29, 0.717) is 13.1 Å². The first-order valence-corrected chi connectivity index (χ1v) is 12.7. The van der Waals surface area contributed by atoms with Gasteiger partial charge in [0.25, 0.3) is 0 Å². The van der Waals surface area contributed by atoms with Gasteiger partial charge in [0.05, 0.1) is 4.90 Å². The van der Waals surface area contributed by atoms with E-state index in [1.165, 1.54) is 23.4 Å². The molecule has 1 aromatic heterocycles. The second-order valence-electron chi connectivity index (χ2n) is 8.40. The maximum absolute atomic E-state index is 12.8. The zero-order chi connectivity index (χ0) is 23.4. The Morgan fingerprint density at radius 1 is 1.12 bits per heavy atom. The molecule has 1 atom stereocenters. The molecule has 0 radical (unpaired) electrons. The van der Waals surface area contributed by atoms with E-state index in [1.807, 2.05) is 4.90 Å². The number of aryl methyl sites for hydroxylation is 2. The summed E-state index contributed by atoms with van der Waals surface area (Å²) < 4.78 is 30.1. The lowest BCUT2D eigenvalue weighted by atomic mass is 10.1. The van der Waals surface area contributed by atoms with Crippen molar-refractivity contribution in [2.24, 2.45) is 0 Å². The van der Waals surface area contributed by atoms with Gasteiger partial charge in [0.1, 0.15) is 5.75 Å². The largest absolute Gasteiger partial charge is 0.365 e. The molecule has 4 rings (SSSR count). The molecule has 0 N–H and O–H groups in total. The topological polar surface area (TPSA) is 96.6 Å². The molecule has 3 aromatic rings. The third-order valence-corrected chi connectivity index (χ3v) is 7.43. The van der Waals surface area contributed by atoms with Crippen LogP contribution in [0.4, 0.5) is 5.69 Å². The summed E-state index contributed by atoms with van der Waals surface area (Å²) in [5, 5.41) is 3.78. The number of anilines is 1. The minimum atomic E-state index is -3.55. The highest BCUT2D eigenvalue weighted by Gasteiger charge is 2.27. The number of piperazine rings is 1. The predicted molar refractivity (Wildman–Crippen MR) is 125 cm³/mol. The number of hydrogen-bond donors (Lipinski definition) is 0. The fourth-order valence-electron chi connectivity index (χ4n) is 4.08. The summed E-state index contributed by atoms with van der Waals surface area (Å²) in [5.74, 6) is 0.0598. The monoisotopic (exact) mass is 468 g/mol. The number of aromatic nitrogens is 2. The third kappa shape index (κ3) is 5.60. The van der Waals surface area contributed by atoms with Crippen molar-refractivity contribution in [3.63, 3.8) is 0 Å². The highest BCUT2D eigenvalue weighted by molar-refractivity contribution is 7.90. The standard InChI is InChI=1S/C24H28N4O4S/c1-18-7-6-8-20(15-18)28-14-13-27(16-19(28)2)24(29)12-11-23-25-22(26-32-23)17-33(30,31)21-9-4-3-5-10-21/h3-10,15,19H,11-14,16-17H2,1-2H3/t19-/m0/s1. The van der Waals surface area contributed by atoms with Crippen LogP contribution in [-0.2, 0) is 26.8 Å². The third-order valence-electron chi connectivity index (χ3n) is 5.80. The number of hydrogen-bond acceptors (Lipinski definition) is 7. The Hall–Kier alpha value is -3.20. The lowest BCUT2D eigenvalue weighted by Gasteiger charge is -2.41. The molecule has 1 fully saturated rings. The first kappa shape index (κ1) is 23.0. The highest BCUT2D eigenvalue weighted by atomic mass is 32.2. The summed E-state index contributed by atoms with van der Waals surface area (Å²) in [4.78, 5) is 21.3. The van der Waals surface area contributed by atoms with Crippen molar-refractivity contribution < 1.29 is 17.7 Å². The minimum absolute atomic E-state index is 0.0300. The molecule has 2 aromatic carbocycles. The number of rotatable bonds is 7. The van der Waals surface area contributed by atoms with Gasteiger partial charge in [0, 0.05) is 44.2 Å². The molecule has 174 valence electrons. The summed E-state index contributed by atoms with van der Waals surface area (Å²) in [7, 11) is -3.55. The molecule has 0 spiro atoms. The number of carbonyl (C=O) groups excluding carboxylic acids is 1. The molecule has 9 heteroatoms. The van der Waals surface area contributed by atoms with Crippen LogP contribution in [0, 0.1) is 6.92 Å². The van der Waals surface area contributed by atoms with Gasteiger partial charge in [-0.05, 0) is 43.7 Å². The summed E-state index contributed by atoms with van der Waals surface area (Å²) in [5.41, 5.74) is 2.40. The molecule has 0 unspecified atom stereocenters. The molecular weight excluding hydrogens is 440 g/mol. The van der Waals surface area contributed by atoms with Crippen molar-refractivity contribution in [1.82, 2.24) is 15.0 Å². The fourth-order valence-corrected chi connectivity index (χ4v) is 5.27. The Labute approximate surface area is 194 Å². The van der Waals surface area contributed by atoms with E-state index in [-0.39, 0.29) is 47.2 Å². The van der Waals surface area contributed by atoms with Crippen molar-refractivity contribution in [3.05, 3.63) is 71.9 Å². The first-order valence-electron chi connectivity index (χ1n) is 11.0. The average Bonchev–Trinajstić information content (AvgIpc) is 3.24. The van der Waals surface area contributed by atoms with Gasteiger partial charge in [-0.3, -0.25) is 4.79 Å². The van der Waals surface area contributed by atoms with E-state index in [9.17, 15) is 13.2 Å². The van der Waals surface area contributed by atoms with Crippen LogP contribution in [-0.4, -0.2) is 55.0 Å². The van der Waals surface area contributed by atoms with Crippen LogP contribution >= 0.6 is 0 Å². The molecule has 0 bridgehead atoms. The van der Waals surface area contributed by atoms with Crippen molar-refractivity contribution >= 4 is 21.4 Å². The molecule has 0 saturated carbocycles. The predicted octanol–water partition coefficient (Wildman–Crippen LogP) is 3.02. The second kappa shape index (κ2) is 9.74. The van der Waals surface area contributed by atoms with Crippen LogP contribution in [0.2, 0.25) is 0 Å². The smallest absolute Gasteiger partial charge is 0.227 e. The summed E-state index contributed by atoms with van der Waals surface area (Å²) in [6, 6.07) is 16.8. The van der Waals surface area contributed by atoms with E-state index >= 15 is 0 Å². The van der Waals surface area contributed by atoms with Gasteiger partial charge in [-0.15, -0.1) is 0 Å². The van der Waals surface area contributed by atoms with Crippen LogP contribution < -0.4 is 4.90 Å². The van der Waals surface area contributed by atoms with Gasteiger partial charge in [-0.1, -0.05) is 35.5 Å². The average molecular weight is 469 g/mol. The molecule has 1 amide bonds. The van der Waals surface area contributed by atoms with Crippen molar-refractivity contribution in [3.8, 4) is 0 Å². The van der Waals surface area contributed by atoms with Gasteiger partial charge in [-0.25, -0.2) is 8.42 Å². The Morgan fingerprint density at radius 3 is 2.64 bits per heavy atom. The van der Waals surface area contributed by atoms with Crippen molar-refractivity contribution in [2.75, 3.05) is 24.5 Å². The number of nitrogens with zero attached hydrogens (tertiary/aromatic N) is 4. The summed E-state index contributed by atoms with van der Waals surface area (Å²) >= 11 is 0. The molecule has 8 nitrogen and oxygen atoms in total. The van der Waals surface area contributed by atoms with Crippen molar-refractivity contribution in [2.45, 2.75) is 43.4 Å². The maximum atomic E-state index is 12.8. The van der Waals surface area contributed by atoms with Crippen molar-refractivity contribution in [1.29, 1.82) is 0 Å². The van der Waals surface area contributed by atoms with Crippen LogP contribution in [0.15, 0.2) is 64.0 Å². The number of sulfone groups is 1. The zero-order valence-corrected chi connectivity index (χ0v) is 19.7. The minimum Gasteiger partial charge on any atom is -0.365 e.